The van der Waals surface area contributed by atoms with Crippen LogP contribution in [0.4, 0.5) is 5.69 Å². The summed E-state index contributed by atoms with van der Waals surface area (Å²) >= 11 is 0. The van der Waals surface area contributed by atoms with Gasteiger partial charge in [0.2, 0.25) is 0 Å². The molecule has 2 unspecified atom stereocenters. The number of rotatable bonds is 7. The molecular weight excluding hydrogens is 620 g/mol. The van der Waals surface area contributed by atoms with Crippen molar-refractivity contribution in [2.75, 3.05) is 25.9 Å². The standard InChI is InChI=1S/C31H30N4O8S2/c1-34(2)35-29-23(33-45(40,41)21-12-8-5-9-13-21)15-16-24(36)27(29)28(31(37)42-3)26-22-18-19(14-17-25(22)43-30(26)35)32-44(38,39)20-10-6-4-7-11-20/h4-18,26-30,32H,1-3H3/b33-23+/t26-,27?,28-,29?,30-/m0/s1. The average molecular weight is 651 g/mol. The fraction of sp³-hybridized carbons (Fsp3) is 0.258. The molecule has 2 heterocycles. The van der Waals surface area contributed by atoms with Crippen molar-refractivity contribution in [3.8, 4) is 5.75 Å². The van der Waals surface area contributed by atoms with Crippen LogP contribution in [-0.4, -0.2) is 77.8 Å². The van der Waals surface area contributed by atoms with Gasteiger partial charge in [0.15, 0.2) is 12.0 Å². The van der Waals surface area contributed by atoms with E-state index in [0.29, 0.717) is 11.3 Å². The molecule has 0 amide bonds. The van der Waals surface area contributed by atoms with Gasteiger partial charge in [-0.2, -0.15) is 17.8 Å². The highest BCUT2D eigenvalue weighted by atomic mass is 32.2. The Morgan fingerprint density at radius 3 is 2.18 bits per heavy atom. The number of piperidine rings is 1. The molecule has 6 rings (SSSR count). The number of ketones is 1. The predicted molar refractivity (Wildman–Crippen MR) is 164 cm³/mol. The van der Waals surface area contributed by atoms with Gasteiger partial charge in [0.05, 0.1) is 46.4 Å². The zero-order chi connectivity index (χ0) is 32.1. The summed E-state index contributed by atoms with van der Waals surface area (Å²) in [6.45, 7) is 0. The fourth-order valence-corrected chi connectivity index (χ4v) is 8.41. The molecule has 234 valence electrons. The van der Waals surface area contributed by atoms with Crippen LogP contribution in [0.5, 0.6) is 5.75 Å². The fourth-order valence-electron chi connectivity index (χ4n) is 6.29. The lowest BCUT2D eigenvalue weighted by Gasteiger charge is -2.51. The maximum absolute atomic E-state index is 13.6. The first-order chi connectivity index (χ1) is 21.4. The molecule has 0 bridgehead atoms. The number of hydrogen-bond acceptors (Lipinski definition) is 10. The van der Waals surface area contributed by atoms with E-state index in [0.717, 1.165) is 0 Å². The second-order valence-electron chi connectivity index (χ2n) is 11.0. The Hall–Kier alpha value is -4.37. The predicted octanol–water partition coefficient (Wildman–Crippen LogP) is 2.82. The summed E-state index contributed by atoms with van der Waals surface area (Å²) in [7, 11) is -3.48. The van der Waals surface area contributed by atoms with E-state index >= 15 is 0 Å². The molecule has 5 atom stereocenters. The van der Waals surface area contributed by atoms with Gasteiger partial charge < -0.3 is 9.47 Å². The Balaban J connectivity index is 1.46. The summed E-state index contributed by atoms with van der Waals surface area (Å²) < 4.78 is 71.2. The summed E-state index contributed by atoms with van der Waals surface area (Å²) in [6, 6.07) is 19.3. The van der Waals surface area contributed by atoms with E-state index in [9.17, 15) is 26.4 Å². The summed E-state index contributed by atoms with van der Waals surface area (Å²) in [5, 5.41) is 3.37. The number of hydrazine groups is 1. The normalized spacial score (nSPS) is 25.3. The van der Waals surface area contributed by atoms with E-state index < -0.39 is 61.8 Å². The lowest BCUT2D eigenvalue weighted by atomic mass is 9.66. The Bertz CT molecular complexity index is 1930. The zero-order valence-corrected chi connectivity index (χ0v) is 26.1. The Morgan fingerprint density at radius 2 is 1.56 bits per heavy atom. The number of benzene rings is 3. The van der Waals surface area contributed by atoms with Gasteiger partial charge in [0.1, 0.15) is 5.75 Å². The van der Waals surface area contributed by atoms with Gasteiger partial charge in [0.25, 0.3) is 20.0 Å². The van der Waals surface area contributed by atoms with Crippen LogP contribution in [0, 0.1) is 11.8 Å². The van der Waals surface area contributed by atoms with Crippen molar-refractivity contribution in [1.82, 2.24) is 10.0 Å². The van der Waals surface area contributed by atoms with E-state index in [1.165, 1.54) is 43.5 Å². The monoisotopic (exact) mass is 650 g/mol. The van der Waals surface area contributed by atoms with Gasteiger partial charge in [-0.3, -0.25) is 14.3 Å². The van der Waals surface area contributed by atoms with Crippen LogP contribution >= 0.6 is 0 Å². The molecule has 12 nitrogen and oxygen atoms in total. The lowest BCUT2D eigenvalue weighted by molar-refractivity contribution is -0.185. The van der Waals surface area contributed by atoms with Crippen LogP contribution in [0.1, 0.15) is 11.5 Å². The largest absolute Gasteiger partial charge is 0.473 e. The number of hydrogen-bond donors (Lipinski definition) is 1. The quantitative estimate of drug-likeness (QED) is 0.378. The minimum absolute atomic E-state index is 0.0241. The van der Waals surface area contributed by atoms with E-state index in [-0.39, 0.29) is 21.2 Å². The number of esters is 1. The number of sulfonamides is 2. The minimum atomic E-state index is -4.18. The van der Waals surface area contributed by atoms with Gasteiger partial charge in [0, 0.05) is 25.3 Å². The Labute approximate surface area is 261 Å². The highest BCUT2D eigenvalue weighted by Gasteiger charge is 2.61. The first kappa shape index (κ1) is 30.6. The van der Waals surface area contributed by atoms with Crippen molar-refractivity contribution in [1.29, 1.82) is 0 Å². The molecule has 3 aromatic rings. The number of allylic oxidation sites excluding steroid dienone is 1. The first-order valence-electron chi connectivity index (χ1n) is 14.0. The number of carbonyl (C=O) groups is 2. The third-order valence-corrected chi connectivity index (χ3v) is 10.9. The average Bonchev–Trinajstić information content (AvgIpc) is 3.39. The van der Waals surface area contributed by atoms with Crippen LogP contribution in [0.15, 0.2) is 105 Å². The van der Waals surface area contributed by atoms with Crippen LogP contribution in [0.3, 0.4) is 0 Å². The van der Waals surface area contributed by atoms with Crippen molar-refractivity contribution in [3.63, 3.8) is 0 Å². The lowest BCUT2D eigenvalue weighted by Crippen LogP contribution is -2.68. The molecule has 1 fully saturated rings. The van der Waals surface area contributed by atoms with Gasteiger partial charge in [-0.1, -0.05) is 36.4 Å². The number of nitrogens with one attached hydrogen (secondary N) is 1. The highest BCUT2D eigenvalue weighted by molar-refractivity contribution is 7.92. The van der Waals surface area contributed by atoms with E-state index in [1.54, 1.807) is 78.7 Å². The molecule has 1 saturated heterocycles. The second-order valence-corrected chi connectivity index (χ2v) is 14.3. The minimum Gasteiger partial charge on any atom is -0.473 e. The number of ether oxygens (including phenoxy) is 2. The molecule has 1 aliphatic carbocycles. The summed E-state index contributed by atoms with van der Waals surface area (Å²) in [6.07, 6.45) is 1.68. The molecular formula is C31H30N4O8S2. The summed E-state index contributed by atoms with van der Waals surface area (Å²) in [5.74, 6) is -3.74. The van der Waals surface area contributed by atoms with Crippen molar-refractivity contribution < 1.29 is 35.9 Å². The van der Waals surface area contributed by atoms with Crippen LogP contribution < -0.4 is 9.46 Å². The zero-order valence-electron chi connectivity index (χ0n) is 24.5. The molecule has 14 heteroatoms. The first-order valence-corrected chi connectivity index (χ1v) is 16.9. The van der Waals surface area contributed by atoms with Gasteiger partial charge in [-0.15, -0.1) is 0 Å². The molecule has 3 aliphatic rings. The number of nitrogens with zero attached hydrogens (tertiary/aromatic N) is 3. The topological polar surface area (TPSA) is 152 Å². The molecule has 1 N–H and O–H groups in total. The third-order valence-electron chi connectivity index (χ3n) is 8.14. The highest BCUT2D eigenvalue weighted by Crippen LogP contribution is 2.53. The van der Waals surface area contributed by atoms with Crippen LogP contribution in [0.2, 0.25) is 0 Å². The van der Waals surface area contributed by atoms with Crippen molar-refractivity contribution >= 4 is 43.2 Å². The number of methoxy groups -OCH3 is 1. The molecule has 0 saturated carbocycles. The maximum Gasteiger partial charge on any atom is 0.310 e. The van der Waals surface area contributed by atoms with Crippen molar-refractivity contribution in [3.05, 3.63) is 96.6 Å². The number of anilines is 1. The molecule has 0 spiro atoms. The van der Waals surface area contributed by atoms with Gasteiger partial charge in [-0.25, -0.2) is 13.4 Å². The molecule has 0 aromatic heterocycles. The molecule has 3 aromatic carbocycles. The SMILES string of the molecule is COC(=O)[C@@H]1C2C(=O)C=C/C(=N\S(=O)(=O)c3ccccc3)C2N(N(C)C)[C@H]2Oc3ccc(NS(=O)(=O)c4ccccc4)cc3[C@@H]12. The second kappa shape index (κ2) is 11.5. The summed E-state index contributed by atoms with van der Waals surface area (Å²) in [5.41, 5.74) is 0.780. The van der Waals surface area contributed by atoms with E-state index in [2.05, 4.69) is 9.12 Å². The maximum atomic E-state index is 13.6. The van der Waals surface area contributed by atoms with Crippen molar-refractivity contribution in [2.24, 2.45) is 16.2 Å². The van der Waals surface area contributed by atoms with Crippen molar-refractivity contribution in [2.45, 2.75) is 28.0 Å². The van der Waals surface area contributed by atoms with Crippen LogP contribution in [-0.2, 0) is 34.4 Å². The number of fused-ring (bicyclic) bond motifs is 4. The van der Waals surface area contributed by atoms with E-state index in [1.807, 2.05) is 0 Å². The van der Waals surface area contributed by atoms with Gasteiger partial charge >= 0.3 is 5.97 Å². The smallest absolute Gasteiger partial charge is 0.310 e. The molecule has 45 heavy (non-hydrogen) atoms. The molecule has 2 aliphatic heterocycles. The third kappa shape index (κ3) is 5.43. The molecule has 0 radical (unpaired) electrons. The van der Waals surface area contributed by atoms with Gasteiger partial charge in [-0.05, 0) is 54.6 Å². The Morgan fingerprint density at radius 1 is 0.911 bits per heavy atom. The van der Waals surface area contributed by atoms with Crippen LogP contribution in [0.25, 0.3) is 0 Å². The summed E-state index contributed by atoms with van der Waals surface area (Å²) in [4.78, 5) is 27.2. The van der Waals surface area contributed by atoms with E-state index in [4.69, 9.17) is 9.47 Å². The number of carbonyl (C=O) groups excluding carboxylic acids is 2. The Kier molecular flexibility index (Phi) is 7.85.